The van der Waals surface area contributed by atoms with E-state index in [1.807, 2.05) is 24.3 Å². The highest BCUT2D eigenvalue weighted by atomic mass is 16.5. The van der Waals surface area contributed by atoms with Gasteiger partial charge in [0, 0.05) is 18.3 Å². The average Bonchev–Trinajstić information content (AvgIpc) is 3.62. The van der Waals surface area contributed by atoms with Gasteiger partial charge in [0.15, 0.2) is 6.61 Å². The first-order valence-corrected chi connectivity index (χ1v) is 9.86. The van der Waals surface area contributed by atoms with Crippen LogP contribution in [0.3, 0.4) is 0 Å². The fourth-order valence-electron chi connectivity index (χ4n) is 2.99. The normalized spacial score (nSPS) is 12.4. The molecule has 0 atom stereocenters. The number of rotatable bonds is 9. The van der Waals surface area contributed by atoms with Crippen molar-refractivity contribution in [2.75, 3.05) is 19.0 Å². The van der Waals surface area contributed by atoms with Gasteiger partial charge in [-0.2, -0.15) is 5.26 Å². The van der Waals surface area contributed by atoms with E-state index in [2.05, 4.69) is 5.32 Å². The number of ether oxygens (including phenoxy) is 2. The minimum atomic E-state index is -0.622. The van der Waals surface area contributed by atoms with Crippen molar-refractivity contribution in [1.29, 1.82) is 5.26 Å². The van der Waals surface area contributed by atoms with Crippen LogP contribution in [0.4, 0.5) is 5.69 Å². The van der Waals surface area contributed by atoms with Crippen LogP contribution in [0.2, 0.25) is 0 Å². The molecule has 3 rings (SSSR count). The van der Waals surface area contributed by atoms with Gasteiger partial charge in [-0.3, -0.25) is 9.59 Å². The van der Waals surface area contributed by atoms with Crippen LogP contribution in [0, 0.1) is 11.3 Å². The number of anilines is 1. The third kappa shape index (κ3) is 6.31. The third-order valence-corrected chi connectivity index (χ3v) is 4.79. The molecule has 160 valence electrons. The molecule has 2 amide bonds. The standard InChI is InChI=1S/C23H23N3O5/c1-30-20-10-2-16(3-11-20)14-26(19-8-9-19)22(28)15-31-23(29)17-4-6-18(7-5-17)25-21(27)12-13-24/h2-7,10-11,19H,8-9,12,14-15H2,1H3,(H,25,27). The first kappa shape index (κ1) is 21.8. The molecule has 1 aliphatic carbocycles. The van der Waals surface area contributed by atoms with Crippen LogP contribution in [-0.4, -0.2) is 42.4 Å². The largest absolute Gasteiger partial charge is 0.497 e. The second kappa shape index (κ2) is 10.3. The van der Waals surface area contributed by atoms with Crippen LogP contribution < -0.4 is 10.1 Å². The van der Waals surface area contributed by atoms with Crippen molar-refractivity contribution >= 4 is 23.5 Å². The molecule has 8 nitrogen and oxygen atoms in total. The van der Waals surface area contributed by atoms with Gasteiger partial charge < -0.3 is 19.7 Å². The Balaban J connectivity index is 1.53. The summed E-state index contributed by atoms with van der Waals surface area (Å²) >= 11 is 0. The summed E-state index contributed by atoms with van der Waals surface area (Å²) in [6.45, 7) is 0.105. The minimum absolute atomic E-state index is 0.171. The van der Waals surface area contributed by atoms with E-state index in [-0.39, 0.29) is 30.5 Å². The van der Waals surface area contributed by atoms with Crippen LogP contribution in [-0.2, 0) is 20.9 Å². The summed E-state index contributed by atoms with van der Waals surface area (Å²) in [6, 6.07) is 15.5. The lowest BCUT2D eigenvalue weighted by molar-refractivity contribution is -0.135. The monoisotopic (exact) mass is 421 g/mol. The molecule has 8 heteroatoms. The Morgan fingerprint density at radius 3 is 2.35 bits per heavy atom. The summed E-state index contributed by atoms with van der Waals surface area (Å²) in [5, 5.41) is 11.1. The van der Waals surface area contributed by atoms with Crippen molar-refractivity contribution in [3.8, 4) is 11.8 Å². The number of nitrogens with one attached hydrogen (secondary N) is 1. The number of amides is 2. The molecule has 0 aromatic heterocycles. The average molecular weight is 421 g/mol. The molecule has 0 bridgehead atoms. The number of nitriles is 1. The molecule has 2 aromatic rings. The Bertz CT molecular complexity index is 976. The minimum Gasteiger partial charge on any atom is -0.497 e. The van der Waals surface area contributed by atoms with Gasteiger partial charge >= 0.3 is 5.97 Å². The van der Waals surface area contributed by atoms with E-state index in [4.69, 9.17) is 14.7 Å². The Kier molecular flexibility index (Phi) is 7.22. The predicted octanol–water partition coefficient (Wildman–Crippen LogP) is 2.90. The van der Waals surface area contributed by atoms with Crippen molar-refractivity contribution in [2.24, 2.45) is 0 Å². The first-order valence-electron chi connectivity index (χ1n) is 9.86. The predicted molar refractivity (Wildman–Crippen MR) is 112 cm³/mol. The molecule has 1 N–H and O–H groups in total. The summed E-state index contributed by atoms with van der Waals surface area (Å²) < 4.78 is 10.4. The molecule has 2 aromatic carbocycles. The molecular formula is C23H23N3O5. The highest BCUT2D eigenvalue weighted by molar-refractivity contribution is 5.94. The van der Waals surface area contributed by atoms with E-state index in [9.17, 15) is 14.4 Å². The topological polar surface area (TPSA) is 109 Å². The van der Waals surface area contributed by atoms with Crippen molar-refractivity contribution in [3.63, 3.8) is 0 Å². The van der Waals surface area contributed by atoms with Gasteiger partial charge in [-0.15, -0.1) is 0 Å². The number of carbonyl (C=O) groups excluding carboxylic acids is 3. The van der Waals surface area contributed by atoms with E-state index >= 15 is 0 Å². The maximum Gasteiger partial charge on any atom is 0.338 e. The summed E-state index contributed by atoms with van der Waals surface area (Å²) in [5.41, 5.74) is 1.70. The lowest BCUT2D eigenvalue weighted by Crippen LogP contribution is -2.36. The molecule has 1 aliphatic rings. The van der Waals surface area contributed by atoms with E-state index in [1.165, 1.54) is 24.3 Å². The van der Waals surface area contributed by atoms with E-state index < -0.39 is 11.9 Å². The molecule has 0 radical (unpaired) electrons. The number of methoxy groups -OCH3 is 1. The number of hydrogen-bond acceptors (Lipinski definition) is 6. The number of hydrogen-bond donors (Lipinski definition) is 1. The highest BCUT2D eigenvalue weighted by Crippen LogP contribution is 2.29. The quantitative estimate of drug-likeness (QED) is 0.624. The summed E-state index contributed by atoms with van der Waals surface area (Å²) in [6.07, 6.45) is 1.63. The number of esters is 1. The second-order valence-electron chi connectivity index (χ2n) is 7.14. The Labute approximate surface area is 180 Å². The molecular weight excluding hydrogens is 398 g/mol. The van der Waals surface area contributed by atoms with E-state index in [0.29, 0.717) is 12.2 Å². The van der Waals surface area contributed by atoms with Gasteiger partial charge in [-0.05, 0) is 54.8 Å². The maximum atomic E-state index is 12.7. The van der Waals surface area contributed by atoms with Gasteiger partial charge in [-0.25, -0.2) is 4.79 Å². The van der Waals surface area contributed by atoms with Gasteiger partial charge in [0.2, 0.25) is 5.91 Å². The molecule has 31 heavy (non-hydrogen) atoms. The van der Waals surface area contributed by atoms with Crippen molar-refractivity contribution in [2.45, 2.75) is 31.8 Å². The summed E-state index contributed by atoms with van der Waals surface area (Å²) in [4.78, 5) is 38.1. The van der Waals surface area contributed by atoms with Crippen LogP contribution >= 0.6 is 0 Å². The molecule has 0 aliphatic heterocycles. The fraction of sp³-hybridized carbons (Fsp3) is 0.304. The Morgan fingerprint density at radius 1 is 1.10 bits per heavy atom. The molecule has 0 spiro atoms. The smallest absolute Gasteiger partial charge is 0.338 e. The molecule has 0 unspecified atom stereocenters. The number of carbonyl (C=O) groups is 3. The SMILES string of the molecule is COc1ccc(CN(C(=O)COC(=O)c2ccc(NC(=O)CC#N)cc2)C2CC2)cc1. The molecule has 1 fully saturated rings. The van der Waals surface area contributed by atoms with Crippen LogP contribution in [0.1, 0.15) is 35.2 Å². The zero-order chi connectivity index (χ0) is 22.2. The van der Waals surface area contributed by atoms with Gasteiger partial charge in [-0.1, -0.05) is 12.1 Å². The first-order chi connectivity index (χ1) is 15.0. The lowest BCUT2D eigenvalue weighted by Gasteiger charge is -2.22. The van der Waals surface area contributed by atoms with Crippen LogP contribution in [0.5, 0.6) is 5.75 Å². The maximum absolute atomic E-state index is 12.7. The van der Waals surface area contributed by atoms with Gasteiger partial charge in [0.1, 0.15) is 12.2 Å². The molecule has 0 heterocycles. The lowest BCUT2D eigenvalue weighted by atomic mass is 10.2. The van der Waals surface area contributed by atoms with Gasteiger partial charge in [0.25, 0.3) is 5.91 Å². The van der Waals surface area contributed by atoms with Crippen molar-refractivity contribution in [3.05, 3.63) is 59.7 Å². The fourth-order valence-corrected chi connectivity index (χ4v) is 2.99. The zero-order valence-corrected chi connectivity index (χ0v) is 17.2. The summed E-state index contributed by atoms with van der Waals surface area (Å²) in [5.74, 6) is -0.548. The van der Waals surface area contributed by atoms with E-state index in [1.54, 1.807) is 18.1 Å². The molecule has 1 saturated carbocycles. The number of benzene rings is 2. The number of nitrogens with zero attached hydrogens (tertiary/aromatic N) is 2. The van der Waals surface area contributed by atoms with Gasteiger partial charge in [0.05, 0.1) is 18.7 Å². The van der Waals surface area contributed by atoms with Crippen LogP contribution in [0.25, 0.3) is 0 Å². The molecule has 0 saturated heterocycles. The Morgan fingerprint density at radius 2 is 1.77 bits per heavy atom. The van der Waals surface area contributed by atoms with E-state index in [0.717, 1.165) is 24.2 Å². The highest BCUT2D eigenvalue weighted by Gasteiger charge is 2.33. The summed E-state index contributed by atoms with van der Waals surface area (Å²) in [7, 11) is 1.60. The van der Waals surface area contributed by atoms with Crippen LogP contribution in [0.15, 0.2) is 48.5 Å². The zero-order valence-electron chi connectivity index (χ0n) is 17.2. The van der Waals surface area contributed by atoms with Crippen molar-refractivity contribution < 1.29 is 23.9 Å². The second-order valence-corrected chi connectivity index (χ2v) is 7.14. The Hall–Kier alpha value is -3.86. The van der Waals surface area contributed by atoms with Crippen molar-refractivity contribution in [1.82, 2.24) is 4.90 Å². The third-order valence-electron chi connectivity index (χ3n) is 4.79.